The molecule has 0 bridgehead atoms. The minimum atomic E-state index is -1.85. The molecule has 0 saturated carbocycles. The van der Waals surface area contributed by atoms with Gasteiger partial charge in [0.25, 0.3) is 0 Å². The third-order valence-corrected chi connectivity index (χ3v) is 5.03. The smallest absolute Gasteiger partial charge is 0.422 e. The van der Waals surface area contributed by atoms with Gasteiger partial charge in [0.1, 0.15) is 5.56 Å². The largest absolute Gasteiger partial charge is 0.473 e. The van der Waals surface area contributed by atoms with Crippen LogP contribution in [0.1, 0.15) is 56.3 Å². The summed E-state index contributed by atoms with van der Waals surface area (Å²) in [6, 6.07) is 1.14. The number of hydrogen-bond acceptors (Lipinski definition) is 5. The summed E-state index contributed by atoms with van der Waals surface area (Å²) in [5.74, 6) is -4.31. The number of benzene rings is 1. The van der Waals surface area contributed by atoms with Crippen molar-refractivity contribution in [1.82, 2.24) is 0 Å². The first kappa shape index (κ1) is 23.5. The lowest BCUT2D eigenvalue weighted by atomic mass is 9.96. The Bertz CT molecular complexity index is 705. The van der Waals surface area contributed by atoms with Crippen LogP contribution in [0.3, 0.4) is 0 Å². The van der Waals surface area contributed by atoms with Crippen LogP contribution in [0.25, 0.3) is 0 Å². The second kappa shape index (κ2) is 11.4. The van der Waals surface area contributed by atoms with Crippen molar-refractivity contribution < 1.29 is 29.0 Å². The molecule has 27 heavy (non-hydrogen) atoms. The Morgan fingerprint density at radius 2 is 1.78 bits per heavy atom. The van der Waals surface area contributed by atoms with E-state index in [0.29, 0.717) is 12.3 Å². The van der Waals surface area contributed by atoms with E-state index in [2.05, 4.69) is 18.6 Å². The van der Waals surface area contributed by atoms with Crippen molar-refractivity contribution in [3.8, 4) is 5.75 Å². The van der Waals surface area contributed by atoms with E-state index in [9.17, 15) is 14.4 Å². The van der Waals surface area contributed by atoms with Gasteiger partial charge in [-0.2, -0.15) is 0 Å². The molecule has 1 aromatic rings. The molecular formula is C18H21Cl3O6. The number of carboxylic acids is 1. The highest BCUT2D eigenvalue weighted by Gasteiger charge is 2.27. The first-order chi connectivity index (χ1) is 12.7. The van der Waals surface area contributed by atoms with Gasteiger partial charge in [-0.15, -0.1) is 0 Å². The predicted octanol–water partition coefficient (Wildman–Crippen LogP) is 5.40. The summed E-state index contributed by atoms with van der Waals surface area (Å²) in [5, 5.41) is 8.15. The minimum Gasteiger partial charge on any atom is -0.473 e. The number of hydrogen-bond donors (Lipinski definition) is 1. The quantitative estimate of drug-likeness (QED) is 0.182. The van der Waals surface area contributed by atoms with E-state index in [1.807, 2.05) is 0 Å². The fraction of sp³-hybridized carbons (Fsp3) is 0.500. The average molecular weight is 440 g/mol. The molecule has 9 heteroatoms. The summed E-state index contributed by atoms with van der Waals surface area (Å²) in [7, 11) is 0. The lowest BCUT2D eigenvalue weighted by molar-refractivity contribution is -0.158. The van der Waals surface area contributed by atoms with Gasteiger partial charge >= 0.3 is 17.9 Å². The summed E-state index contributed by atoms with van der Waals surface area (Å²) >= 11 is 17.9. The van der Waals surface area contributed by atoms with Crippen LogP contribution in [-0.4, -0.2) is 29.6 Å². The van der Waals surface area contributed by atoms with Crippen LogP contribution in [0.5, 0.6) is 5.75 Å². The molecule has 0 aliphatic heterocycles. The molecule has 150 valence electrons. The Morgan fingerprint density at radius 1 is 1.11 bits per heavy atom. The highest BCUT2D eigenvalue weighted by molar-refractivity contribution is 6.46. The molecule has 0 spiro atoms. The maximum atomic E-state index is 12.4. The van der Waals surface area contributed by atoms with E-state index in [4.69, 9.17) is 44.6 Å². The van der Waals surface area contributed by atoms with Crippen molar-refractivity contribution in [2.75, 3.05) is 6.61 Å². The Hall–Kier alpha value is -1.50. The Balaban J connectivity index is 2.91. The number of carboxylic acid groups (broad SMARTS) is 1. The van der Waals surface area contributed by atoms with Gasteiger partial charge in [-0.25, -0.2) is 14.4 Å². The molecule has 1 N–H and O–H groups in total. The third-order valence-electron chi connectivity index (χ3n) is 3.96. The molecule has 0 aromatic heterocycles. The summed E-state index contributed by atoms with van der Waals surface area (Å²) in [6.45, 7) is 4.36. The maximum absolute atomic E-state index is 12.4. The summed E-state index contributed by atoms with van der Waals surface area (Å²) in [5.41, 5.74) is -0.385. The molecule has 0 radical (unpaired) electrons. The molecule has 1 aromatic carbocycles. The first-order valence-electron chi connectivity index (χ1n) is 8.52. The van der Waals surface area contributed by atoms with Gasteiger partial charge in [-0.1, -0.05) is 67.9 Å². The molecular weight excluding hydrogens is 419 g/mol. The van der Waals surface area contributed by atoms with Gasteiger partial charge in [0, 0.05) is 0 Å². The lowest BCUT2D eigenvalue weighted by Gasteiger charge is -2.15. The van der Waals surface area contributed by atoms with Crippen molar-refractivity contribution in [3.63, 3.8) is 0 Å². The van der Waals surface area contributed by atoms with E-state index in [1.165, 1.54) is 0 Å². The molecule has 0 aliphatic carbocycles. The third kappa shape index (κ3) is 6.87. The number of carbonyl (C=O) groups is 3. The molecule has 0 amide bonds. The molecule has 0 saturated heterocycles. The van der Waals surface area contributed by atoms with Crippen molar-refractivity contribution in [1.29, 1.82) is 0 Å². The minimum absolute atomic E-state index is 0.0577. The van der Waals surface area contributed by atoms with Crippen LogP contribution in [0.4, 0.5) is 0 Å². The van der Waals surface area contributed by atoms with Crippen LogP contribution in [0, 0.1) is 5.92 Å². The molecule has 1 atom stereocenters. The Labute approximate surface area is 172 Å². The van der Waals surface area contributed by atoms with Crippen molar-refractivity contribution >= 4 is 52.7 Å². The van der Waals surface area contributed by atoms with E-state index < -0.39 is 23.7 Å². The number of halogens is 3. The number of esters is 2. The number of rotatable bonds is 9. The zero-order chi connectivity index (χ0) is 20.6. The van der Waals surface area contributed by atoms with Gasteiger partial charge in [0.15, 0.2) is 5.75 Å². The van der Waals surface area contributed by atoms with Gasteiger partial charge in [-0.3, -0.25) is 0 Å². The van der Waals surface area contributed by atoms with E-state index in [0.717, 1.165) is 31.7 Å². The van der Waals surface area contributed by atoms with Gasteiger partial charge in [0.2, 0.25) is 0 Å². The number of aliphatic carboxylic acids is 1. The van der Waals surface area contributed by atoms with E-state index in [-0.39, 0.29) is 27.2 Å². The van der Waals surface area contributed by atoms with Crippen LogP contribution in [0.2, 0.25) is 15.1 Å². The summed E-state index contributed by atoms with van der Waals surface area (Å²) in [4.78, 5) is 34.5. The van der Waals surface area contributed by atoms with Crippen LogP contribution >= 0.6 is 34.8 Å². The maximum Gasteiger partial charge on any atom is 0.422 e. The van der Waals surface area contributed by atoms with Gasteiger partial charge in [-0.05, 0) is 24.8 Å². The molecule has 0 aliphatic rings. The Morgan fingerprint density at radius 3 is 2.33 bits per heavy atom. The topological polar surface area (TPSA) is 89.9 Å². The van der Waals surface area contributed by atoms with Crippen molar-refractivity contribution in [3.05, 3.63) is 26.7 Å². The average Bonchev–Trinajstić information content (AvgIpc) is 2.61. The molecule has 0 fully saturated rings. The van der Waals surface area contributed by atoms with Crippen molar-refractivity contribution in [2.45, 2.75) is 46.0 Å². The molecule has 1 rings (SSSR count). The molecule has 0 heterocycles. The SMILES string of the molecule is CCCC(CC)CCCOC(=O)c1c(Cl)c(Cl)cc(Cl)c1OC(=O)C(=O)O. The van der Waals surface area contributed by atoms with Crippen LogP contribution in [0.15, 0.2) is 6.07 Å². The monoisotopic (exact) mass is 438 g/mol. The number of carbonyl (C=O) groups excluding carboxylic acids is 2. The second-order valence-electron chi connectivity index (χ2n) is 5.89. The first-order valence-corrected chi connectivity index (χ1v) is 9.65. The molecule has 1 unspecified atom stereocenters. The zero-order valence-corrected chi connectivity index (χ0v) is 17.3. The summed E-state index contributed by atoms with van der Waals surface area (Å²) < 4.78 is 9.87. The second-order valence-corrected chi connectivity index (χ2v) is 7.09. The molecule has 6 nitrogen and oxygen atoms in total. The van der Waals surface area contributed by atoms with Gasteiger partial charge in [0.05, 0.1) is 21.7 Å². The fourth-order valence-electron chi connectivity index (χ4n) is 2.57. The van der Waals surface area contributed by atoms with Gasteiger partial charge < -0.3 is 14.6 Å². The fourth-order valence-corrected chi connectivity index (χ4v) is 3.29. The summed E-state index contributed by atoms with van der Waals surface area (Å²) in [6.07, 6.45) is 4.80. The normalized spacial score (nSPS) is 11.7. The lowest BCUT2D eigenvalue weighted by Crippen LogP contribution is -2.21. The Kier molecular flexibility index (Phi) is 9.91. The van der Waals surface area contributed by atoms with E-state index in [1.54, 1.807) is 0 Å². The predicted molar refractivity (Wildman–Crippen MR) is 103 cm³/mol. The van der Waals surface area contributed by atoms with Crippen molar-refractivity contribution in [2.24, 2.45) is 5.92 Å². The van der Waals surface area contributed by atoms with E-state index >= 15 is 0 Å². The highest BCUT2D eigenvalue weighted by Crippen LogP contribution is 2.39. The standard InChI is InChI=1S/C18H21Cl3O6/c1-3-6-10(4-2)7-5-8-26-17(24)13-14(21)11(19)9-12(20)15(13)27-18(25)16(22)23/h9-10H,3-8H2,1-2H3,(H,22,23). The number of ether oxygens (including phenoxy) is 2. The zero-order valence-electron chi connectivity index (χ0n) is 15.0. The highest BCUT2D eigenvalue weighted by atomic mass is 35.5. The van der Waals surface area contributed by atoms with Crippen LogP contribution < -0.4 is 4.74 Å². The van der Waals surface area contributed by atoms with Crippen LogP contribution in [-0.2, 0) is 14.3 Å².